The third-order valence-corrected chi connectivity index (χ3v) is 7.90. The van der Waals surface area contributed by atoms with E-state index in [1.54, 1.807) is 43.3 Å². The number of carbonyl (C=O) groups is 2. The fourth-order valence-corrected chi connectivity index (χ4v) is 5.36. The number of hydrogen-bond donors (Lipinski definition) is 1. The number of sulfonamides is 1. The Bertz CT molecular complexity index is 1310. The molecular weight excluding hydrogens is 565 g/mol. The SMILES string of the molecule is CC(C(=O)NC(C)(C)C)N(Cc1ccc(Cl)c(Cl)c1)C(=O)CCCN(c1ccc2c(c1)OCCO2)S(C)(=O)=O. The first-order valence-electron chi connectivity index (χ1n) is 12.6. The maximum absolute atomic E-state index is 13.5. The molecule has 0 radical (unpaired) electrons. The van der Waals surface area contributed by atoms with Crippen LogP contribution in [0.3, 0.4) is 0 Å². The van der Waals surface area contributed by atoms with Crippen molar-refractivity contribution in [2.75, 3.05) is 30.3 Å². The van der Waals surface area contributed by atoms with Crippen molar-refractivity contribution in [3.63, 3.8) is 0 Å². The minimum absolute atomic E-state index is 0.0189. The van der Waals surface area contributed by atoms with Gasteiger partial charge in [-0.1, -0.05) is 29.3 Å². The molecule has 2 aromatic rings. The number of halogens is 2. The fraction of sp³-hybridized carbons (Fsp3) is 0.481. The van der Waals surface area contributed by atoms with Crippen molar-refractivity contribution in [3.8, 4) is 11.5 Å². The molecule has 0 saturated carbocycles. The van der Waals surface area contributed by atoms with E-state index >= 15 is 0 Å². The van der Waals surface area contributed by atoms with Crippen molar-refractivity contribution in [1.29, 1.82) is 0 Å². The molecule has 1 N–H and O–H groups in total. The second-order valence-electron chi connectivity index (χ2n) is 10.5. The number of hydrogen-bond acceptors (Lipinski definition) is 6. The molecule has 3 rings (SSSR count). The summed E-state index contributed by atoms with van der Waals surface area (Å²) in [5.74, 6) is 0.419. The van der Waals surface area contributed by atoms with Gasteiger partial charge in [-0.15, -0.1) is 0 Å². The summed E-state index contributed by atoms with van der Waals surface area (Å²) in [6, 6.07) is 9.19. The molecule has 39 heavy (non-hydrogen) atoms. The molecule has 0 bridgehead atoms. The van der Waals surface area contributed by atoms with Crippen LogP contribution in [0, 0.1) is 0 Å². The summed E-state index contributed by atoms with van der Waals surface area (Å²) >= 11 is 12.2. The molecular formula is C27H35Cl2N3O6S. The molecule has 214 valence electrons. The van der Waals surface area contributed by atoms with Crippen molar-refractivity contribution in [3.05, 3.63) is 52.0 Å². The van der Waals surface area contributed by atoms with Crippen LogP contribution in [-0.4, -0.2) is 62.7 Å². The standard InChI is InChI=1S/C27H35Cl2N3O6S/c1-18(26(34)30-27(2,3)4)31(17-19-8-10-21(28)22(29)15-19)25(33)7-6-12-32(39(5,35)36)20-9-11-23-24(16-20)38-14-13-37-23/h8-11,15-16,18H,6-7,12-14,17H2,1-5H3,(H,30,34). The van der Waals surface area contributed by atoms with Crippen LogP contribution in [0.1, 0.15) is 46.1 Å². The van der Waals surface area contributed by atoms with E-state index < -0.39 is 21.6 Å². The summed E-state index contributed by atoms with van der Waals surface area (Å²) in [5.41, 5.74) is 0.644. The summed E-state index contributed by atoms with van der Waals surface area (Å²) in [7, 11) is -3.65. The average Bonchev–Trinajstić information content (AvgIpc) is 2.84. The van der Waals surface area contributed by atoms with Gasteiger partial charge in [0.05, 0.1) is 22.0 Å². The Morgan fingerprint density at radius 1 is 1.03 bits per heavy atom. The lowest BCUT2D eigenvalue weighted by Gasteiger charge is -2.32. The fourth-order valence-electron chi connectivity index (χ4n) is 4.08. The number of rotatable bonds is 10. The van der Waals surface area contributed by atoms with Crippen LogP contribution in [0.2, 0.25) is 10.0 Å². The van der Waals surface area contributed by atoms with Crippen molar-refractivity contribution in [2.45, 2.75) is 58.7 Å². The summed E-state index contributed by atoms with van der Waals surface area (Å²) < 4.78 is 37.6. The molecule has 1 heterocycles. The monoisotopic (exact) mass is 599 g/mol. The first-order valence-corrected chi connectivity index (χ1v) is 15.2. The summed E-state index contributed by atoms with van der Waals surface area (Å²) in [6.07, 6.45) is 1.36. The van der Waals surface area contributed by atoms with E-state index in [1.165, 1.54) is 9.21 Å². The van der Waals surface area contributed by atoms with Gasteiger partial charge in [-0.25, -0.2) is 8.42 Å². The lowest BCUT2D eigenvalue weighted by molar-refractivity contribution is -0.141. The number of amides is 2. The third-order valence-electron chi connectivity index (χ3n) is 5.97. The van der Waals surface area contributed by atoms with Crippen LogP contribution < -0.4 is 19.1 Å². The molecule has 1 aliphatic rings. The van der Waals surface area contributed by atoms with Crippen molar-refractivity contribution in [2.24, 2.45) is 0 Å². The molecule has 1 unspecified atom stereocenters. The third kappa shape index (κ3) is 8.65. The Labute approximate surface area is 240 Å². The van der Waals surface area contributed by atoms with Gasteiger partial charge in [-0.3, -0.25) is 13.9 Å². The molecule has 1 atom stereocenters. The van der Waals surface area contributed by atoms with Crippen LogP contribution in [0.15, 0.2) is 36.4 Å². The molecule has 1 aliphatic heterocycles. The quantitative estimate of drug-likeness (QED) is 0.426. The highest BCUT2D eigenvalue weighted by Crippen LogP contribution is 2.35. The zero-order valence-corrected chi connectivity index (χ0v) is 25.1. The number of anilines is 1. The predicted molar refractivity (Wildman–Crippen MR) is 153 cm³/mol. The van der Waals surface area contributed by atoms with Crippen LogP contribution in [0.4, 0.5) is 5.69 Å². The second-order valence-corrected chi connectivity index (χ2v) is 13.2. The van der Waals surface area contributed by atoms with Crippen molar-refractivity contribution < 1.29 is 27.5 Å². The molecule has 0 aromatic heterocycles. The Morgan fingerprint density at radius 2 is 1.69 bits per heavy atom. The summed E-state index contributed by atoms with van der Waals surface area (Å²) in [4.78, 5) is 27.9. The molecule has 2 aromatic carbocycles. The predicted octanol–water partition coefficient (Wildman–Crippen LogP) is 4.64. The molecule has 2 amide bonds. The highest BCUT2D eigenvalue weighted by Gasteiger charge is 2.29. The van der Waals surface area contributed by atoms with Crippen LogP contribution in [-0.2, 0) is 26.2 Å². The van der Waals surface area contributed by atoms with E-state index in [2.05, 4.69) is 5.32 Å². The maximum Gasteiger partial charge on any atom is 0.242 e. The molecule has 12 heteroatoms. The normalized spacial score (nSPS) is 13.9. The van der Waals surface area contributed by atoms with E-state index in [4.69, 9.17) is 32.7 Å². The van der Waals surface area contributed by atoms with Gasteiger partial charge >= 0.3 is 0 Å². The summed E-state index contributed by atoms with van der Waals surface area (Å²) in [5, 5.41) is 3.64. The van der Waals surface area contributed by atoms with Gasteiger partial charge in [0, 0.05) is 31.1 Å². The van der Waals surface area contributed by atoms with E-state index in [-0.39, 0.29) is 37.7 Å². The van der Waals surface area contributed by atoms with Gasteiger partial charge in [0.25, 0.3) is 0 Å². The summed E-state index contributed by atoms with van der Waals surface area (Å²) in [6.45, 7) is 8.24. The van der Waals surface area contributed by atoms with Crippen LogP contribution in [0.25, 0.3) is 0 Å². The molecule has 9 nitrogen and oxygen atoms in total. The van der Waals surface area contributed by atoms with Crippen molar-refractivity contribution in [1.82, 2.24) is 10.2 Å². The number of nitrogens with one attached hydrogen (secondary N) is 1. The smallest absolute Gasteiger partial charge is 0.242 e. The maximum atomic E-state index is 13.5. The highest BCUT2D eigenvalue weighted by atomic mass is 35.5. The number of carbonyl (C=O) groups excluding carboxylic acids is 2. The zero-order valence-electron chi connectivity index (χ0n) is 22.8. The molecule has 0 spiro atoms. The first kappa shape index (κ1) is 30.8. The van der Waals surface area contributed by atoms with Crippen LogP contribution >= 0.6 is 23.2 Å². The molecule has 0 saturated heterocycles. The molecule has 0 fully saturated rings. The lowest BCUT2D eigenvalue weighted by Crippen LogP contribution is -2.52. The van der Waals surface area contributed by atoms with Gasteiger partial charge in [0.2, 0.25) is 21.8 Å². The van der Waals surface area contributed by atoms with Crippen LogP contribution in [0.5, 0.6) is 11.5 Å². The number of benzene rings is 2. The first-order chi connectivity index (χ1) is 18.2. The minimum Gasteiger partial charge on any atom is -0.486 e. The average molecular weight is 601 g/mol. The number of fused-ring (bicyclic) bond motifs is 1. The van der Waals surface area contributed by atoms with Gasteiger partial charge in [-0.05, 0) is 63.9 Å². The van der Waals surface area contributed by atoms with Gasteiger partial charge in [0.15, 0.2) is 11.5 Å². The van der Waals surface area contributed by atoms with Crippen molar-refractivity contribution >= 4 is 50.7 Å². The van der Waals surface area contributed by atoms with Gasteiger partial charge in [-0.2, -0.15) is 0 Å². The Kier molecular flexibility index (Phi) is 10.0. The largest absolute Gasteiger partial charge is 0.486 e. The number of nitrogens with zero attached hydrogens (tertiary/aromatic N) is 2. The number of ether oxygens (including phenoxy) is 2. The topological polar surface area (TPSA) is 105 Å². The van der Waals surface area contributed by atoms with E-state index in [0.717, 1.165) is 6.26 Å². The van der Waals surface area contributed by atoms with E-state index in [9.17, 15) is 18.0 Å². The highest BCUT2D eigenvalue weighted by molar-refractivity contribution is 7.92. The van der Waals surface area contributed by atoms with E-state index in [1.807, 2.05) is 20.8 Å². The van der Waals surface area contributed by atoms with Gasteiger partial charge in [0.1, 0.15) is 19.3 Å². The Balaban J connectivity index is 1.77. The Hall–Kier alpha value is -2.69. The zero-order chi connectivity index (χ0) is 29.0. The van der Waals surface area contributed by atoms with Gasteiger partial charge < -0.3 is 19.7 Å². The van der Waals surface area contributed by atoms with E-state index in [0.29, 0.717) is 46.0 Å². The molecule has 0 aliphatic carbocycles. The Morgan fingerprint density at radius 3 is 2.31 bits per heavy atom. The lowest BCUT2D eigenvalue weighted by atomic mass is 10.1. The minimum atomic E-state index is -3.65. The second kappa shape index (κ2) is 12.7.